The van der Waals surface area contributed by atoms with Gasteiger partial charge in [0.15, 0.2) is 5.75 Å². The highest BCUT2D eigenvalue weighted by molar-refractivity contribution is 6.20. The van der Waals surface area contributed by atoms with Gasteiger partial charge in [0.25, 0.3) is 0 Å². The summed E-state index contributed by atoms with van der Waals surface area (Å²) in [6.45, 7) is 4.29. The van der Waals surface area contributed by atoms with Gasteiger partial charge in [-0.05, 0) is 50.4 Å². The molecule has 1 aromatic rings. The first-order valence-corrected chi connectivity index (χ1v) is 8.37. The van der Waals surface area contributed by atoms with Gasteiger partial charge in [0.1, 0.15) is 0 Å². The smallest absolute Gasteiger partial charge is 0.310 e. The van der Waals surface area contributed by atoms with Crippen molar-refractivity contribution in [3.05, 3.63) is 33.9 Å². The zero-order valence-corrected chi connectivity index (χ0v) is 15.5. The van der Waals surface area contributed by atoms with Crippen LogP contribution in [-0.4, -0.2) is 36.7 Å². The third-order valence-corrected chi connectivity index (χ3v) is 4.67. The quantitative estimate of drug-likeness (QED) is 0.330. The number of hydrogen-bond donors (Lipinski definition) is 2. The molecule has 8 heteroatoms. The Labute approximate surface area is 153 Å². The maximum absolute atomic E-state index is 10.9. The molecule has 136 valence electrons. The molecule has 0 radical (unpaired) electrons. The van der Waals surface area contributed by atoms with E-state index in [1.807, 2.05) is 0 Å². The van der Waals surface area contributed by atoms with E-state index in [2.05, 4.69) is 17.6 Å². The van der Waals surface area contributed by atoms with E-state index >= 15 is 0 Å². The molecule has 24 heavy (non-hydrogen) atoms. The average Bonchev–Trinajstić information content (AvgIpc) is 2.55. The van der Waals surface area contributed by atoms with Gasteiger partial charge in [-0.2, -0.15) is 0 Å². The van der Waals surface area contributed by atoms with Gasteiger partial charge in [-0.3, -0.25) is 15.4 Å². The van der Waals surface area contributed by atoms with Crippen LogP contribution in [-0.2, 0) is 6.42 Å². The fraction of sp³-hybridized carbons (Fsp3) is 0.625. The summed E-state index contributed by atoms with van der Waals surface area (Å²) in [5.41, 5.74) is 0.668. The number of ether oxygens (including phenoxy) is 1. The number of alkyl halides is 1. The van der Waals surface area contributed by atoms with Crippen LogP contribution >= 0.6 is 24.0 Å². The van der Waals surface area contributed by atoms with Crippen molar-refractivity contribution in [1.29, 1.82) is 0 Å². The van der Waals surface area contributed by atoms with Gasteiger partial charge >= 0.3 is 5.69 Å². The molecular formula is C16H25Cl2N3O3. The molecular weight excluding hydrogens is 353 g/mol. The third kappa shape index (κ3) is 5.77. The molecule has 1 aliphatic rings. The second-order valence-corrected chi connectivity index (χ2v) is 6.50. The zero-order chi connectivity index (χ0) is 16.8. The van der Waals surface area contributed by atoms with Crippen LogP contribution in [0.2, 0.25) is 0 Å². The van der Waals surface area contributed by atoms with Crippen LogP contribution in [0.15, 0.2) is 18.2 Å². The molecule has 1 unspecified atom stereocenters. The highest BCUT2D eigenvalue weighted by Gasteiger charge is 2.22. The molecule has 1 heterocycles. The molecule has 0 aromatic heterocycles. The minimum Gasteiger partial charge on any atom is -0.490 e. The Bertz CT molecular complexity index is 539. The first kappa shape index (κ1) is 21.0. The number of nitrogens with one attached hydrogen (secondary N) is 2. The van der Waals surface area contributed by atoms with Crippen LogP contribution in [0.5, 0.6) is 5.75 Å². The van der Waals surface area contributed by atoms with Crippen molar-refractivity contribution < 1.29 is 9.66 Å². The maximum Gasteiger partial charge on any atom is 0.310 e. The average molecular weight is 378 g/mol. The Morgan fingerprint density at radius 3 is 2.71 bits per heavy atom. The van der Waals surface area contributed by atoms with E-state index in [1.165, 1.54) is 13.2 Å². The fourth-order valence-electron chi connectivity index (χ4n) is 3.03. The first-order valence-electron chi connectivity index (χ1n) is 7.93. The van der Waals surface area contributed by atoms with E-state index in [0.29, 0.717) is 18.4 Å². The standard InChI is InChI=1S/C16H24ClN3O3.ClH/c1-11(13-5-7-18-8-6-13)19-16(17)10-12-3-4-14(20(21)22)15(9-12)23-2;/h3-4,9,11,13,16,18-19H,5-8,10H2,1-2H3;1H/t11-,16?;/m0./s1. The number of halogens is 2. The molecule has 0 aliphatic carbocycles. The highest BCUT2D eigenvalue weighted by Crippen LogP contribution is 2.28. The Balaban J connectivity index is 0.00000288. The molecule has 1 saturated heterocycles. The van der Waals surface area contributed by atoms with Gasteiger partial charge in [0.05, 0.1) is 17.5 Å². The molecule has 1 fully saturated rings. The van der Waals surface area contributed by atoms with Crippen molar-refractivity contribution >= 4 is 29.7 Å². The molecule has 6 nitrogen and oxygen atoms in total. The van der Waals surface area contributed by atoms with E-state index in [0.717, 1.165) is 31.5 Å². The van der Waals surface area contributed by atoms with Crippen molar-refractivity contribution in [1.82, 2.24) is 10.6 Å². The largest absolute Gasteiger partial charge is 0.490 e. The van der Waals surface area contributed by atoms with Crippen LogP contribution in [0.25, 0.3) is 0 Å². The summed E-state index contributed by atoms with van der Waals surface area (Å²) in [5.74, 6) is 0.895. The van der Waals surface area contributed by atoms with E-state index < -0.39 is 4.92 Å². The number of benzene rings is 1. The van der Waals surface area contributed by atoms with Crippen molar-refractivity contribution in [2.75, 3.05) is 20.2 Å². The molecule has 2 rings (SSSR count). The summed E-state index contributed by atoms with van der Waals surface area (Å²) in [7, 11) is 1.43. The van der Waals surface area contributed by atoms with Gasteiger partial charge in [-0.1, -0.05) is 6.07 Å². The van der Waals surface area contributed by atoms with Crippen LogP contribution in [0.4, 0.5) is 5.69 Å². The minimum absolute atomic E-state index is 0. The molecule has 2 N–H and O–H groups in total. The number of nitro benzene ring substituents is 1. The van der Waals surface area contributed by atoms with Gasteiger partial charge in [-0.25, -0.2) is 0 Å². The van der Waals surface area contributed by atoms with Crippen LogP contribution in [0, 0.1) is 16.0 Å². The van der Waals surface area contributed by atoms with Crippen LogP contribution in [0.1, 0.15) is 25.3 Å². The van der Waals surface area contributed by atoms with E-state index in [1.54, 1.807) is 12.1 Å². The lowest BCUT2D eigenvalue weighted by Crippen LogP contribution is -2.43. The van der Waals surface area contributed by atoms with Crippen LogP contribution < -0.4 is 15.4 Å². The summed E-state index contributed by atoms with van der Waals surface area (Å²) in [6, 6.07) is 5.23. The van der Waals surface area contributed by atoms with Gasteiger partial charge in [0.2, 0.25) is 0 Å². The molecule has 1 aromatic carbocycles. The SMILES string of the molecule is COc1cc(CC(Cl)N[C@@H](C)C2CCNCC2)ccc1[N+](=O)[O-].Cl. The van der Waals surface area contributed by atoms with Crippen molar-refractivity contribution in [3.63, 3.8) is 0 Å². The third-order valence-electron chi connectivity index (χ3n) is 4.39. The number of nitrogens with zero attached hydrogens (tertiary/aromatic N) is 1. The molecule has 0 spiro atoms. The van der Waals surface area contributed by atoms with Gasteiger partial charge in [0, 0.05) is 18.5 Å². The minimum atomic E-state index is -0.446. The monoisotopic (exact) mass is 377 g/mol. The lowest BCUT2D eigenvalue weighted by Gasteiger charge is -2.30. The summed E-state index contributed by atoms with van der Waals surface area (Å²) in [5, 5.41) is 17.7. The number of methoxy groups -OCH3 is 1. The van der Waals surface area contributed by atoms with E-state index in [9.17, 15) is 10.1 Å². The van der Waals surface area contributed by atoms with Crippen molar-refractivity contribution in [3.8, 4) is 5.75 Å². The maximum atomic E-state index is 10.9. The Morgan fingerprint density at radius 1 is 1.46 bits per heavy atom. The predicted octanol–water partition coefficient (Wildman–Crippen LogP) is 3.11. The highest BCUT2D eigenvalue weighted by atomic mass is 35.5. The Hall–Kier alpha value is -1.08. The Kier molecular flexibility index (Phi) is 8.76. The van der Waals surface area contributed by atoms with Crippen molar-refractivity contribution in [2.24, 2.45) is 5.92 Å². The first-order chi connectivity index (χ1) is 11.0. The van der Waals surface area contributed by atoms with Crippen molar-refractivity contribution in [2.45, 2.75) is 37.7 Å². The zero-order valence-electron chi connectivity index (χ0n) is 14.0. The molecule has 0 bridgehead atoms. The Morgan fingerprint density at radius 2 is 2.12 bits per heavy atom. The van der Waals surface area contributed by atoms with Crippen LogP contribution in [0.3, 0.4) is 0 Å². The molecule has 0 saturated carbocycles. The summed E-state index contributed by atoms with van der Waals surface area (Å²) < 4.78 is 5.09. The molecule has 1 aliphatic heterocycles. The van der Waals surface area contributed by atoms with Gasteiger partial charge < -0.3 is 10.1 Å². The van der Waals surface area contributed by atoms with E-state index in [-0.39, 0.29) is 29.3 Å². The number of hydrogen-bond acceptors (Lipinski definition) is 5. The topological polar surface area (TPSA) is 76.4 Å². The lowest BCUT2D eigenvalue weighted by atomic mass is 9.91. The summed E-state index contributed by atoms with van der Waals surface area (Å²) >= 11 is 6.43. The summed E-state index contributed by atoms with van der Waals surface area (Å²) in [6.07, 6.45) is 2.90. The molecule has 2 atom stereocenters. The summed E-state index contributed by atoms with van der Waals surface area (Å²) in [4.78, 5) is 10.5. The predicted molar refractivity (Wildman–Crippen MR) is 98.4 cm³/mol. The number of nitro groups is 1. The number of piperidine rings is 1. The van der Waals surface area contributed by atoms with Gasteiger partial charge in [-0.15, -0.1) is 24.0 Å². The van der Waals surface area contributed by atoms with E-state index in [4.69, 9.17) is 16.3 Å². The normalized spacial score (nSPS) is 17.6. The molecule has 0 amide bonds. The second-order valence-electron chi connectivity index (χ2n) is 5.98. The number of rotatable bonds is 7. The lowest BCUT2D eigenvalue weighted by molar-refractivity contribution is -0.385. The second kappa shape index (κ2) is 10.0. The fourth-order valence-corrected chi connectivity index (χ4v) is 3.41.